The van der Waals surface area contributed by atoms with Gasteiger partial charge in [-0.1, -0.05) is 0 Å². The van der Waals surface area contributed by atoms with Gasteiger partial charge in [-0.15, -0.1) is 0 Å². The molecule has 1 saturated heterocycles. The zero-order valence-electron chi connectivity index (χ0n) is 22.0. The quantitative estimate of drug-likeness (QED) is 0.235. The number of nitrogens with two attached hydrogens (primary N) is 1. The Morgan fingerprint density at radius 3 is 2.07 bits per heavy atom. The van der Waals surface area contributed by atoms with E-state index < -0.39 is 45.0 Å². The molecule has 0 amide bonds. The van der Waals surface area contributed by atoms with Gasteiger partial charge in [-0.3, -0.25) is 9.09 Å². The second kappa shape index (κ2) is 11.6. The SMILES string of the molecule is COc1ccc(OP(=O)(OCC2(C(F)F)OC(n3cnc4c(N)ncnc43)C(F)C2O)Oc2ccc(OC)cc2)cc1. The monoisotopic (exact) mass is 611 g/mol. The van der Waals surface area contributed by atoms with E-state index >= 15 is 4.39 Å². The molecule has 0 spiro atoms. The molecule has 4 unspecified atom stereocenters. The van der Waals surface area contributed by atoms with Crippen molar-refractivity contribution in [1.82, 2.24) is 19.5 Å². The number of anilines is 1. The Kier molecular flexibility index (Phi) is 8.14. The molecule has 4 atom stereocenters. The molecule has 13 nitrogen and oxygen atoms in total. The van der Waals surface area contributed by atoms with Crippen molar-refractivity contribution >= 4 is 24.8 Å². The van der Waals surface area contributed by atoms with Crippen LogP contribution in [0, 0.1) is 0 Å². The summed E-state index contributed by atoms with van der Waals surface area (Å²) in [5, 5.41) is 10.7. The van der Waals surface area contributed by atoms with E-state index in [1.165, 1.54) is 62.8 Å². The predicted molar refractivity (Wildman–Crippen MR) is 140 cm³/mol. The first-order valence-corrected chi connectivity index (χ1v) is 13.7. The van der Waals surface area contributed by atoms with Crippen LogP contribution in [0.2, 0.25) is 0 Å². The van der Waals surface area contributed by atoms with Crippen molar-refractivity contribution in [2.75, 3.05) is 26.6 Å². The Labute approximate surface area is 236 Å². The highest BCUT2D eigenvalue weighted by Crippen LogP contribution is 2.53. The fourth-order valence-electron chi connectivity index (χ4n) is 4.20. The second-order valence-electron chi connectivity index (χ2n) is 8.99. The molecule has 2 aromatic carbocycles. The number of alkyl halides is 3. The van der Waals surface area contributed by atoms with Gasteiger partial charge in [-0.25, -0.2) is 32.7 Å². The molecule has 3 N–H and O–H groups in total. The van der Waals surface area contributed by atoms with Gasteiger partial charge >= 0.3 is 7.82 Å². The predicted octanol–water partition coefficient (Wildman–Crippen LogP) is 3.94. The number of hydrogen-bond acceptors (Lipinski definition) is 12. The van der Waals surface area contributed by atoms with Crippen molar-refractivity contribution in [3.8, 4) is 23.0 Å². The van der Waals surface area contributed by atoms with E-state index in [9.17, 15) is 18.5 Å². The summed E-state index contributed by atoms with van der Waals surface area (Å²) in [7, 11) is -1.93. The molecule has 3 heterocycles. The van der Waals surface area contributed by atoms with Crippen LogP contribution in [0.1, 0.15) is 6.23 Å². The molecule has 0 radical (unpaired) electrons. The minimum atomic E-state index is -4.80. The molecular formula is C25H25F3N5O8P. The van der Waals surface area contributed by atoms with Gasteiger partial charge in [0.15, 0.2) is 29.5 Å². The first-order valence-electron chi connectivity index (χ1n) is 12.2. The van der Waals surface area contributed by atoms with Gasteiger partial charge in [0.2, 0.25) is 0 Å². The van der Waals surface area contributed by atoms with Crippen molar-refractivity contribution < 1.29 is 50.6 Å². The number of nitrogen functional groups attached to an aromatic ring is 1. The maximum absolute atomic E-state index is 15.4. The van der Waals surface area contributed by atoms with Gasteiger partial charge in [-0.2, -0.15) is 0 Å². The summed E-state index contributed by atoms with van der Waals surface area (Å²) in [6, 6.07) is 11.5. The van der Waals surface area contributed by atoms with Gasteiger partial charge < -0.3 is 34.1 Å². The van der Waals surface area contributed by atoms with Crippen molar-refractivity contribution in [3.05, 3.63) is 61.2 Å². The summed E-state index contributed by atoms with van der Waals surface area (Å²) in [5.74, 6) is 0.799. The zero-order chi connectivity index (χ0) is 30.1. The highest BCUT2D eigenvalue weighted by atomic mass is 31.2. The van der Waals surface area contributed by atoms with E-state index in [-0.39, 0.29) is 28.5 Å². The van der Waals surface area contributed by atoms with E-state index in [0.29, 0.717) is 11.5 Å². The Bertz CT molecular complexity index is 1530. The molecule has 0 bridgehead atoms. The van der Waals surface area contributed by atoms with E-state index in [2.05, 4.69) is 15.0 Å². The molecule has 0 saturated carbocycles. The Balaban J connectivity index is 1.44. The number of aliphatic hydroxyl groups is 1. The molecule has 5 rings (SSSR count). The number of ether oxygens (including phenoxy) is 3. The zero-order valence-corrected chi connectivity index (χ0v) is 22.9. The molecule has 0 aliphatic carbocycles. The van der Waals surface area contributed by atoms with Crippen LogP contribution in [0.5, 0.6) is 23.0 Å². The third-order valence-corrected chi connectivity index (χ3v) is 7.76. The van der Waals surface area contributed by atoms with Crippen LogP contribution in [0.25, 0.3) is 11.2 Å². The topological polar surface area (TPSA) is 162 Å². The molecule has 4 aromatic rings. The maximum Gasteiger partial charge on any atom is 0.587 e. The summed E-state index contributed by atoms with van der Waals surface area (Å²) in [6.45, 7) is -1.31. The average Bonchev–Trinajstić information content (AvgIpc) is 3.53. The van der Waals surface area contributed by atoms with Crippen molar-refractivity contribution in [2.24, 2.45) is 0 Å². The molecule has 1 aliphatic heterocycles. The number of fused-ring (bicyclic) bond motifs is 1. The highest BCUT2D eigenvalue weighted by Gasteiger charge is 2.62. The lowest BCUT2D eigenvalue weighted by molar-refractivity contribution is -0.192. The Hall–Kier alpha value is -4.11. The first-order chi connectivity index (χ1) is 20.1. The molecule has 1 fully saturated rings. The molecule has 17 heteroatoms. The lowest BCUT2D eigenvalue weighted by atomic mass is 9.97. The third-order valence-electron chi connectivity index (χ3n) is 6.45. The third kappa shape index (κ3) is 5.53. The van der Waals surface area contributed by atoms with Crippen molar-refractivity contribution in [3.63, 3.8) is 0 Å². The summed E-state index contributed by atoms with van der Waals surface area (Å²) < 4.78 is 91.4. The van der Waals surface area contributed by atoms with Crippen LogP contribution >= 0.6 is 7.82 Å². The van der Waals surface area contributed by atoms with E-state index in [1.807, 2.05) is 0 Å². The number of imidazole rings is 1. The normalized spacial score (nSPS) is 22.4. The van der Waals surface area contributed by atoms with Crippen molar-refractivity contribution in [2.45, 2.75) is 30.5 Å². The summed E-state index contributed by atoms with van der Waals surface area (Å²) >= 11 is 0. The molecular weight excluding hydrogens is 586 g/mol. The Morgan fingerprint density at radius 2 is 1.55 bits per heavy atom. The highest BCUT2D eigenvalue weighted by molar-refractivity contribution is 7.49. The number of aromatic nitrogens is 4. The largest absolute Gasteiger partial charge is 0.587 e. The lowest BCUT2D eigenvalue weighted by Crippen LogP contribution is -2.52. The maximum atomic E-state index is 15.4. The van der Waals surface area contributed by atoms with Crippen LogP contribution in [0.3, 0.4) is 0 Å². The Morgan fingerprint density at radius 1 is 1.00 bits per heavy atom. The number of benzene rings is 2. The summed E-state index contributed by atoms with van der Waals surface area (Å²) in [5.41, 5.74) is 2.80. The van der Waals surface area contributed by atoms with Crippen LogP contribution in [-0.2, 0) is 13.8 Å². The number of halogens is 3. The molecule has 42 heavy (non-hydrogen) atoms. The van der Waals surface area contributed by atoms with Crippen LogP contribution in [0.15, 0.2) is 61.2 Å². The van der Waals surface area contributed by atoms with Gasteiger partial charge in [0.25, 0.3) is 6.43 Å². The summed E-state index contributed by atoms with van der Waals surface area (Å²) in [6.07, 6.45) is -8.09. The smallest absolute Gasteiger partial charge is 0.497 e. The van der Waals surface area contributed by atoms with Crippen LogP contribution < -0.4 is 24.3 Å². The number of hydrogen-bond donors (Lipinski definition) is 2. The fraction of sp³-hybridized carbons (Fsp3) is 0.320. The molecule has 1 aliphatic rings. The molecule has 224 valence electrons. The number of rotatable bonds is 11. The van der Waals surface area contributed by atoms with E-state index in [1.54, 1.807) is 0 Å². The minimum absolute atomic E-state index is 0.0234. The van der Waals surface area contributed by atoms with Crippen LogP contribution in [-0.4, -0.2) is 69.8 Å². The van der Waals surface area contributed by atoms with Gasteiger partial charge in [0.1, 0.15) is 40.9 Å². The van der Waals surface area contributed by atoms with Gasteiger partial charge in [-0.05, 0) is 48.5 Å². The number of aliphatic hydroxyl groups excluding tert-OH is 1. The van der Waals surface area contributed by atoms with Crippen LogP contribution in [0.4, 0.5) is 19.0 Å². The fourth-order valence-corrected chi connectivity index (χ4v) is 5.46. The van der Waals surface area contributed by atoms with Crippen molar-refractivity contribution in [1.29, 1.82) is 0 Å². The van der Waals surface area contributed by atoms with E-state index in [0.717, 1.165) is 17.2 Å². The van der Waals surface area contributed by atoms with Gasteiger partial charge in [0.05, 0.1) is 27.2 Å². The first kappa shape index (κ1) is 29.4. The average molecular weight is 611 g/mol. The minimum Gasteiger partial charge on any atom is -0.497 e. The van der Waals surface area contributed by atoms with E-state index in [4.69, 9.17) is 33.5 Å². The standard InChI is InChI=1S/C25H25F3N5O8P/c1-36-14-3-7-16(8-4-14)40-42(35,41-17-9-5-15(37-2)6-10-17)38-11-25(24(27)28)20(34)18(26)23(39-25)33-13-32-19-21(29)30-12-31-22(19)33/h3-10,12-13,18,20,23-24,34H,11H2,1-2H3,(H2,29,30,31). The number of methoxy groups -OCH3 is 2. The lowest BCUT2D eigenvalue weighted by Gasteiger charge is -2.31. The second-order valence-corrected chi connectivity index (χ2v) is 10.5. The van der Waals surface area contributed by atoms with Gasteiger partial charge in [0, 0.05) is 0 Å². The number of phosphoric ester groups is 1. The number of nitrogens with zero attached hydrogens (tertiary/aromatic N) is 4. The summed E-state index contributed by atoms with van der Waals surface area (Å²) in [4.78, 5) is 11.7. The number of phosphoric acid groups is 1. The molecule has 2 aromatic heterocycles.